The number of benzene rings is 2. The van der Waals surface area contributed by atoms with Gasteiger partial charge >= 0.3 is 6.18 Å². The van der Waals surface area contributed by atoms with E-state index in [0.717, 1.165) is 35.1 Å². The zero-order chi connectivity index (χ0) is 28.3. The largest absolute Gasteiger partial charge is 0.420 e. The summed E-state index contributed by atoms with van der Waals surface area (Å²) in [7, 11) is 0. The molecule has 1 unspecified atom stereocenters. The van der Waals surface area contributed by atoms with E-state index in [1.54, 1.807) is 0 Å². The molecule has 2 amide bonds. The molecule has 0 saturated heterocycles. The van der Waals surface area contributed by atoms with Crippen molar-refractivity contribution < 1.29 is 41.8 Å². The first-order chi connectivity index (χ1) is 17.8. The van der Waals surface area contributed by atoms with Gasteiger partial charge < -0.3 is 26.2 Å². The number of aromatic nitrogens is 2. The van der Waals surface area contributed by atoms with Gasteiger partial charge in [-0.3, -0.25) is 9.59 Å². The maximum atomic E-state index is 14.2. The van der Waals surface area contributed by atoms with Crippen LogP contribution in [0.25, 0.3) is 5.69 Å². The van der Waals surface area contributed by atoms with Gasteiger partial charge in [0.1, 0.15) is 23.0 Å². The molecule has 3 aromatic rings. The summed E-state index contributed by atoms with van der Waals surface area (Å²) in [5.74, 6) is -4.41. The summed E-state index contributed by atoms with van der Waals surface area (Å²) in [6, 6.07) is 8.00. The van der Waals surface area contributed by atoms with E-state index in [0.29, 0.717) is 4.90 Å². The van der Waals surface area contributed by atoms with Crippen LogP contribution in [-0.2, 0) is 0 Å². The maximum absolute atomic E-state index is 14.2. The first-order valence-electron chi connectivity index (χ1n) is 10.8. The van der Waals surface area contributed by atoms with Gasteiger partial charge in [0.2, 0.25) is 0 Å². The quantitative estimate of drug-likeness (QED) is 0.297. The molecule has 0 radical (unpaired) electrons. The molecule has 2 aromatic carbocycles. The van der Waals surface area contributed by atoms with E-state index in [1.165, 1.54) is 18.2 Å². The number of hydrogen-bond donors (Lipinski definition) is 4. The van der Waals surface area contributed by atoms with Crippen molar-refractivity contribution in [1.29, 1.82) is 0 Å². The summed E-state index contributed by atoms with van der Waals surface area (Å²) in [5, 5.41) is 25.2. The zero-order valence-electron chi connectivity index (χ0n) is 19.3. The molecule has 5 N–H and O–H groups in total. The minimum atomic E-state index is -5.39. The Balaban J connectivity index is 1.83. The molecule has 15 heteroatoms. The summed E-state index contributed by atoms with van der Waals surface area (Å²) in [6.45, 7) is -4.47. The fraction of sp³-hybridized carbons (Fsp3) is 0.261. The van der Waals surface area contributed by atoms with Crippen LogP contribution in [0.4, 0.5) is 27.8 Å². The van der Waals surface area contributed by atoms with Crippen molar-refractivity contribution in [2.24, 2.45) is 0 Å². The predicted molar refractivity (Wildman–Crippen MR) is 126 cm³/mol. The van der Waals surface area contributed by atoms with Crippen LogP contribution in [0.15, 0.2) is 48.7 Å². The fourth-order valence-corrected chi connectivity index (χ4v) is 3.68. The molecule has 0 fully saturated rings. The minimum absolute atomic E-state index is 0.264. The topological polar surface area (TPSA) is 134 Å². The Kier molecular flexibility index (Phi) is 8.59. The molecule has 38 heavy (non-hydrogen) atoms. The summed E-state index contributed by atoms with van der Waals surface area (Å²) >= 11 is 5.84. The standard InChI is InChI=1S/C23H21ClF5N5O4/c24-16-2-1-3-17(26)18(16)21(37)33(8-9-35)12-22(38,23(27,28)29)11-31-20(36)15-10-32-34(19(15)30)14-6-4-13(25)5-7-14/h1-7,10,35,38H,8-9,11-12,30H2,(H,31,36). The number of carbonyl (C=O) groups is 2. The average Bonchev–Trinajstić information content (AvgIpc) is 3.23. The van der Waals surface area contributed by atoms with Gasteiger partial charge in [-0.05, 0) is 36.4 Å². The van der Waals surface area contributed by atoms with E-state index in [9.17, 15) is 41.8 Å². The van der Waals surface area contributed by atoms with Crippen molar-refractivity contribution >= 4 is 29.2 Å². The lowest BCUT2D eigenvalue weighted by Gasteiger charge is -2.35. The molecule has 0 spiro atoms. The Morgan fingerprint density at radius 3 is 2.37 bits per heavy atom. The number of amides is 2. The summed E-state index contributed by atoms with van der Waals surface area (Å²) in [6.07, 6.45) is -4.43. The second-order valence-corrected chi connectivity index (χ2v) is 8.50. The number of hydrogen-bond acceptors (Lipinski definition) is 6. The number of rotatable bonds is 9. The molecule has 0 aliphatic rings. The van der Waals surface area contributed by atoms with Gasteiger partial charge in [0.15, 0.2) is 5.60 Å². The highest BCUT2D eigenvalue weighted by Gasteiger charge is 2.55. The first-order valence-corrected chi connectivity index (χ1v) is 11.2. The number of anilines is 1. The second-order valence-electron chi connectivity index (χ2n) is 8.09. The van der Waals surface area contributed by atoms with Crippen molar-refractivity contribution in [3.63, 3.8) is 0 Å². The summed E-state index contributed by atoms with van der Waals surface area (Å²) in [4.78, 5) is 25.8. The fourth-order valence-electron chi connectivity index (χ4n) is 3.44. The zero-order valence-corrected chi connectivity index (χ0v) is 20.1. The third kappa shape index (κ3) is 6.03. The van der Waals surface area contributed by atoms with Gasteiger partial charge in [-0.25, -0.2) is 13.5 Å². The van der Waals surface area contributed by atoms with Gasteiger partial charge in [-0.2, -0.15) is 18.3 Å². The van der Waals surface area contributed by atoms with E-state index >= 15 is 0 Å². The van der Waals surface area contributed by atoms with E-state index in [4.69, 9.17) is 17.3 Å². The van der Waals surface area contributed by atoms with Crippen LogP contribution in [-0.4, -0.2) is 74.7 Å². The van der Waals surface area contributed by atoms with Crippen LogP contribution in [0.2, 0.25) is 5.02 Å². The molecule has 1 aromatic heterocycles. The number of nitrogens with zero attached hydrogens (tertiary/aromatic N) is 3. The minimum Gasteiger partial charge on any atom is -0.395 e. The van der Waals surface area contributed by atoms with Gasteiger partial charge in [0.05, 0.1) is 42.2 Å². The van der Waals surface area contributed by atoms with Crippen LogP contribution < -0.4 is 11.1 Å². The molecular weight excluding hydrogens is 541 g/mol. The molecule has 9 nitrogen and oxygen atoms in total. The Bertz CT molecular complexity index is 1300. The lowest BCUT2D eigenvalue weighted by atomic mass is 10.0. The highest BCUT2D eigenvalue weighted by Crippen LogP contribution is 2.32. The molecule has 0 saturated carbocycles. The van der Waals surface area contributed by atoms with Crippen molar-refractivity contribution in [3.8, 4) is 5.69 Å². The van der Waals surface area contributed by atoms with E-state index in [2.05, 4.69) is 5.10 Å². The van der Waals surface area contributed by atoms with Crippen LogP contribution in [0, 0.1) is 11.6 Å². The first kappa shape index (κ1) is 28.8. The van der Waals surface area contributed by atoms with Crippen LogP contribution in [0.5, 0.6) is 0 Å². The van der Waals surface area contributed by atoms with Gasteiger partial charge in [-0.15, -0.1) is 0 Å². The third-order valence-corrected chi connectivity index (χ3v) is 5.79. The van der Waals surface area contributed by atoms with Crippen molar-refractivity contribution in [3.05, 3.63) is 76.4 Å². The third-order valence-electron chi connectivity index (χ3n) is 5.48. The van der Waals surface area contributed by atoms with Crippen LogP contribution in [0.1, 0.15) is 20.7 Å². The van der Waals surface area contributed by atoms with Gasteiger partial charge in [0, 0.05) is 6.54 Å². The Morgan fingerprint density at radius 1 is 1.13 bits per heavy atom. The molecule has 0 aliphatic heterocycles. The average molecular weight is 562 g/mol. The molecule has 1 atom stereocenters. The smallest absolute Gasteiger partial charge is 0.395 e. The molecule has 0 aliphatic carbocycles. The summed E-state index contributed by atoms with van der Waals surface area (Å²) in [5.41, 5.74) is 1.32. The normalized spacial score (nSPS) is 13.2. The van der Waals surface area contributed by atoms with Crippen molar-refractivity contribution in [1.82, 2.24) is 20.0 Å². The second kappa shape index (κ2) is 11.3. The Hall–Kier alpha value is -3.75. The Morgan fingerprint density at radius 2 is 1.79 bits per heavy atom. The highest BCUT2D eigenvalue weighted by molar-refractivity contribution is 6.33. The molecular formula is C23H21ClF5N5O4. The SMILES string of the molecule is Nc1c(C(=O)NCC(O)(CN(CCO)C(=O)c2c(F)cccc2Cl)C(F)(F)F)cnn1-c1ccc(F)cc1. The number of nitrogens with two attached hydrogens (primary N) is 1. The van der Waals surface area contributed by atoms with E-state index in [-0.39, 0.29) is 17.1 Å². The number of nitrogens with one attached hydrogen (secondary N) is 1. The summed E-state index contributed by atoms with van der Waals surface area (Å²) < 4.78 is 70.3. The van der Waals surface area contributed by atoms with E-state index < -0.39 is 72.1 Å². The van der Waals surface area contributed by atoms with Gasteiger partial charge in [-0.1, -0.05) is 17.7 Å². The predicted octanol–water partition coefficient (Wildman–Crippen LogP) is 2.54. The Labute approximate surface area is 217 Å². The molecule has 1 heterocycles. The lowest BCUT2D eigenvalue weighted by molar-refractivity contribution is -0.260. The van der Waals surface area contributed by atoms with Crippen molar-refractivity contribution in [2.45, 2.75) is 11.8 Å². The molecule has 0 bridgehead atoms. The lowest BCUT2D eigenvalue weighted by Crippen LogP contribution is -2.60. The molecule has 3 rings (SSSR count). The van der Waals surface area contributed by atoms with E-state index in [1.807, 2.05) is 5.32 Å². The number of carbonyl (C=O) groups excluding carboxylic acids is 2. The maximum Gasteiger partial charge on any atom is 0.420 e. The van der Waals surface area contributed by atoms with Crippen LogP contribution in [0.3, 0.4) is 0 Å². The van der Waals surface area contributed by atoms with Crippen LogP contribution >= 0.6 is 11.6 Å². The number of alkyl halides is 3. The molecule has 204 valence electrons. The van der Waals surface area contributed by atoms with Gasteiger partial charge in [0.25, 0.3) is 11.8 Å². The monoisotopic (exact) mass is 561 g/mol. The number of aliphatic hydroxyl groups is 2. The number of nitrogen functional groups attached to an aromatic ring is 1. The number of halogens is 6. The number of aliphatic hydroxyl groups excluding tert-OH is 1. The highest BCUT2D eigenvalue weighted by atomic mass is 35.5. The van der Waals surface area contributed by atoms with Crippen molar-refractivity contribution in [2.75, 3.05) is 32.0 Å².